The van der Waals surface area contributed by atoms with Gasteiger partial charge < -0.3 is 9.47 Å². The van der Waals surface area contributed by atoms with E-state index in [1.54, 1.807) is 13.8 Å². The molecule has 0 aliphatic carbocycles. The topological polar surface area (TPSA) is 35.5 Å². The van der Waals surface area contributed by atoms with Gasteiger partial charge in [0, 0.05) is 19.9 Å². The molecule has 1 saturated heterocycles. The van der Waals surface area contributed by atoms with Gasteiger partial charge in [-0.2, -0.15) is 0 Å². The number of alkyl halides is 3. The van der Waals surface area contributed by atoms with Gasteiger partial charge in [-0.05, 0) is 0 Å². The molecule has 0 aromatic carbocycles. The van der Waals surface area contributed by atoms with E-state index >= 15 is 0 Å². The van der Waals surface area contributed by atoms with Gasteiger partial charge in [-0.3, -0.25) is 4.79 Å². The summed E-state index contributed by atoms with van der Waals surface area (Å²) < 4.78 is 8.51. The maximum atomic E-state index is 11.2. The molecule has 0 aromatic rings. The largest absolute Gasteiger partial charge is 0.465 e. The van der Waals surface area contributed by atoms with Crippen LogP contribution in [0.1, 0.15) is 13.8 Å². The molecule has 0 saturated carbocycles. The average Bonchev–Trinajstić information content (AvgIpc) is 2.28. The van der Waals surface area contributed by atoms with E-state index in [1.165, 1.54) is 0 Å². The quantitative estimate of drug-likeness (QED) is 0.536. The Kier molecular flexibility index (Phi) is 3.37. The van der Waals surface area contributed by atoms with Gasteiger partial charge in [0.25, 0.3) is 3.79 Å². The summed E-state index contributed by atoms with van der Waals surface area (Å²) in [6.07, 6.45) is 1.14. The molecule has 6 heteroatoms. The molecule has 1 aliphatic heterocycles. The highest BCUT2D eigenvalue weighted by atomic mass is 35.6. The van der Waals surface area contributed by atoms with Crippen LogP contribution in [0.5, 0.6) is 0 Å². The SMILES string of the molecule is CC1(C)OC/C(=C/C(=O)C(Cl)(Cl)Cl)O1. The molecule has 0 N–H and O–H groups in total. The van der Waals surface area contributed by atoms with E-state index in [2.05, 4.69) is 0 Å². The first-order chi connectivity index (χ1) is 6.21. The number of hydrogen-bond donors (Lipinski definition) is 0. The summed E-state index contributed by atoms with van der Waals surface area (Å²) in [4.78, 5) is 11.2. The monoisotopic (exact) mass is 258 g/mol. The Balaban J connectivity index is 2.68. The standard InChI is InChI=1S/C8H9Cl3O3/c1-7(2)13-4-5(14-7)3-6(12)8(9,10)11/h3H,4H2,1-2H3/b5-3-. The third-order valence-electron chi connectivity index (χ3n) is 1.51. The summed E-state index contributed by atoms with van der Waals surface area (Å²) in [6.45, 7) is 3.67. The maximum absolute atomic E-state index is 11.2. The van der Waals surface area contributed by atoms with Gasteiger partial charge in [-0.15, -0.1) is 0 Å². The Hall–Kier alpha value is 0.0400. The van der Waals surface area contributed by atoms with Crippen molar-refractivity contribution in [2.75, 3.05) is 6.61 Å². The smallest absolute Gasteiger partial charge is 0.252 e. The van der Waals surface area contributed by atoms with Crippen molar-refractivity contribution in [2.24, 2.45) is 0 Å². The number of carbonyl (C=O) groups excluding carboxylic acids is 1. The van der Waals surface area contributed by atoms with Crippen molar-refractivity contribution in [3.05, 3.63) is 11.8 Å². The molecule has 3 nitrogen and oxygen atoms in total. The lowest BCUT2D eigenvalue weighted by Crippen LogP contribution is -2.19. The van der Waals surface area contributed by atoms with Crippen LogP contribution in [-0.2, 0) is 14.3 Å². The molecule has 0 spiro atoms. The first kappa shape index (κ1) is 12.1. The van der Waals surface area contributed by atoms with Gasteiger partial charge >= 0.3 is 0 Å². The minimum absolute atomic E-state index is 0.208. The Morgan fingerprint density at radius 1 is 1.50 bits per heavy atom. The van der Waals surface area contributed by atoms with Crippen LogP contribution in [0.4, 0.5) is 0 Å². The second-order valence-corrected chi connectivity index (χ2v) is 5.54. The number of halogens is 3. The minimum atomic E-state index is -1.94. The number of carbonyl (C=O) groups is 1. The molecule has 14 heavy (non-hydrogen) atoms. The third kappa shape index (κ3) is 3.31. The normalized spacial score (nSPS) is 23.6. The minimum Gasteiger partial charge on any atom is -0.465 e. The lowest BCUT2D eigenvalue weighted by molar-refractivity contribution is -0.118. The van der Waals surface area contributed by atoms with Crippen LogP contribution < -0.4 is 0 Å². The Morgan fingerprint density at radius 2 is 2.07 bits per heavy atom. The van der Waals surface area contributed by atoms with Crippen molar-refractivity contribution in [1.82, 2.24) is 0 Å². The first-order valence-electron chi connectivity index (χ1n) is 3.85. The van der Waals surface area contributed by atoms with E-state index in [4.69, 9.17) is 44.3 Å². The number of allylic oxidation sites excluding steroid dienone is 1. The van der Waals surface area contributed by atoms with Gasteiger partial charge in [0.2, 0.25) is 11.6 Å². The summed E-state index contributed by atoms with van der Waals surface area (Å²) in [5.41, 5.74) is 0. The van der Waals surface area contributed by atoms with Crippen molar-refractivity contribution in [2.45, 2.75) is 23.4 Å². The van der Waals surface area contributed by atoms with Crippen LogP contribution >= 0.6 is 34.8 Å². The zero-order valence-electron chi connectivity index (χ0n) is 7.64. The Bertz CT molecular complexity index is 278. The molecule has 0 atom stereocenters. The van der Waals surface area contributed by atoms with Crippen LogP contribution in [0, 0.1) is 0 Å². The predicted octanol–water partition coefficient (Wildman–Crippen LogP) is 2.59. The average molecular weight is 260 g/mol. The molecular formula is C8H9Cl3O3. The maximum Gasteiger partial charge on any atom is 0.252 e. The van der Waals surface area contributed by atoms with E-state index in [0.717, 1.165) is 6.08 Å². The fourth-order valence-corrected chi connectivity index (χ4v) is 1.08. The highest BCUT2D eigenvalue weighted by Crippen LogP contribution is 2.30. The summed E-state index contributed by atoms with van der Waals surface area (Å²) in [6, 6.07) is 0. The first-order valence-corrected chi connectivity index (χ1v) is 4.99. The Labute approximate surface area is 96.9 Å². The molecule has 0 bridgehead atoms. The number of rotatable bonds is 1. The van der Waals surface area contributed by atoms with E-state index in [-0.39, 0.29) is 6.61 Å². The number of hydrogen-bond acceptors (Lipinski definition) is 3. The van der Waals surface area contributed by atoms with Gasteiger partial charge in [-0.25, -0.2) is 0 Å². The lowest BCUT2D eigenvalue weighted by atomic mass is 10.3. The summed E-state index contributed by atoms with van der Waals surface area (Å²) in [7, 11) is 0. The fraction of sp³-hybridized carbons (Fsp3) is 0.625. The zero-order chi connectivity index (χ0) is 11.0. The fourth-order valence-electron chi connectivity index (χ4n) is 0.919. The van der Waals surface area contributed by atoms with Crippen LogP contribution in [0.3, 0.4) is 0 Å². The van der Waals surface area contributed by atoms with Crippen LogP contribution in [-0.4, -0.2) is 22.0 Å². The second kappa shape index (κ2) is 3.89. The molecule has 0 unspecified atom stereocenters. The molecular weight excluding hydrogens is 250 g/mol. The van der Waals surface area contributed by atoms with Gasteiger partial charge in [0.1, 0.15) is 12.4 Å². The van der Waals surface area contributed by atoms with E-state index < -0.39 is 15.4 Å². The van der Waals surface area contributed by atoms with Crippen LogP contribution in [0.2, 0.25) is 0 Å². The number of ketones is 1. The van der Waals surface area contributed by atoms with Crippen LogP contribution in [0.15, 0.2) is 11.8 Å². The Morgan fingerprint density at radius 3 is 2.43 bits per heavy atom. The van der Waals surface area contributed by atoms with Gasteiger partial charge in [0.05, 0.1) is 0 Å². The van der Waals surface area contributed by atoms with Gasteiger partial charge in [0.15, 0.2) is 0 Å². The second-order valence-electron chi connectivity index (χ2n) is 3.26. The zero-order valence-corrected chi connectivity index (χ0v) is 9.91. The predicted molar refractivity (Wildman–Crippen MR) is 54.5 cm³/mol. The third-order valence-corrected chi connectivity index (χ3v) is 2.07. The molecule has 0 aromatic heterocycles. The van der Waals surface area contributed by atoms with Crippen molar-refractivity contribution < 1.29 is 14.3 Å². The van der Waals surface area contributed by atoms with Crippen LogP contribution in [0.25, 0.3) is 0 Å². The lowest BCUT2D eigenvalue weighted by Gasteiger charge is -2.15. The van der Waals surface area contributed by atoms with E-state index in [9.17, 15) is 4.79 Å². The van der Waals surface area contributed by atoms with Crippen molar-refractivity contribution >= 4 is 40.6 Å². The highest BCUT2D eigenvalue weighted by Gasteiger charge is 2.33. The molecule has 1 aliphatic rings. The van der Waals surface area contributed by atoms with E-state index in [0.29, 0.717) is 5.76 Å². The van der Waals surface area contributed by atoms with E-state index in [1.807, 2.05) is 0 Å². The molecule has 1 fully saturated rings. The molecule has 0 radical (unpaired) electrons. The van der Waals surface area contributed by atoms with Gasteiger partial charge in [-0.1, -0.05) is 34.8 Å². The molecule has 80 valence electrons. The van der Waals surface area contributed by atoms with Crippen molar-refractivity contribution in [3.8, 4) is 0 Å². The molecule has 1 rings (SSSR count). The van der Waals surface area contributed by atoms with Crippen molar-refractivity contribution in [1.29, 1.82) is 0 Å². The molecule has 1 heterocycles. The van der Waals surface area contributed by atoms with Crippen molar-refractivity contribution in [3.63, 3.8) is 0 Å². The summed E-state index contributed by atoms with van der Waals surface area (Å²) >= 11 is 16.1. The summed E-state index contributed by atoms with van der Waals surface area (Å²) in [5.74, 6) is -0.996. The number of ether oxygens (including phenoxy) is 2. The highest BCUT2D eigenvalue weighted by molar-refractivity contribution is 6.77. The molecule has 0 amide bonds. The summed E-state index contributed by atoms with van der Waals surface area (Å²) in [5, 5.41) is 0.